The lowest BCUT2D eigenvalue weighted by molar-refractivity contribution is -0.385. The molecule has 23 heavy (non-hydrogen) atoms. The highest BCUT2D eigenvalue weighted by Gasteiger charge is 2.34. The van der Waals surface area contributed by atoms with Crippen molar-refractivity contribution in [3.05, 3.63) is 67.3 Å². The smallest absolute Gasteiger partial charge is 0.271 e. The third kappa shape index (κ3) is 2.02. The van der Waals surface area contributed by atoms with Gasteiger partial charge in [-0.15, -0.1) is 0 Å². The standard InChI is InChI=1S/C14H7N3O6/c15-14(19)11-5-7(17(22)23)4-10-12(11)8-2-1-6(16(20)21)3-9(8)13(10)18/h1-5H,(H2,15,19). The van der Waals surface area contributed by atoms with Gasteiger partial charge in [-0.3, -0.25) is 29.8 Å². The molecule has 1 aliphatic carbocycles. The molecular formula is C14H7N3O6. The molecule has 0 atom stereocenters. The Labute approximate surface area is 127 Å². The number of amides is 1. The molecular weight excluding hydrogens is 306 g/mol. The quantitative estimate of drug-likeness (QED) is 0.576. The lowest BCUT2D eigenvalue weighted by Gasteiger charge is -2.05. The SMILES string of the molecule is NC(=O)c1cc([N+](=O)[O-])cc2c1-c1ccc([N+](=O)[O-])cc1C2=O. The van der Waals surface area contributed by atoms with Gasteiger partial charge in [-0.1, -0.05) is 0 Å². The van der Waals surface area contributed by atoms with Crippen molar-refractivity contribution in [3.8, 4) is 11.1 Å². The van der Waals surface area contributed by atoms with Gasteiger partial charge in [0.05, 0.1) is 15.4 Å². The first-order chi connectivity index (χ1) is 10.8. The van der Waals surface area contributed by atoms with Crippen LogP contribution in [0.25, 0.3) is 11.1 Å². The van der Waals surface area contributed by atoms with E-state index in [1.165, 1.54) is 12.1 Å². The largest absolute Gasteiger partial charge is 0.366 e. The second-order valence-electron chi connectivity index (χ2n) is 4.85. The Morgan fingerprint density at radius 2 is 1.52 bits per heavy atom. The Morgan fingerprint density at radius 1 is 0.913 bits per heavy atom. The first kappa shape index (κ1) is 14.3. The molecule has 114 valence electrons. The molecule has 0 aromatic heterocycles. The number of carbonyl (C=O) groups excluding carboxylic acids is 2. The number of fused-ring (bicyclic) bond motifs is 3. The highest BCUT2D eigenvalue weighted by Crippen LogP contribution is 2.42. The molecule has 0 radical (unpaired) electrons. The number of nitro benzene ring substituents is 2. The van der Waals surface area contributed by atoms with E-state index in [1.807, 2.05) is 0 Å². The van der Waals surface area contributed by atoms with Crippen LogP contribution in [-0.2, 0) is 0 Å². The van der Waals surface area contributed by atoms with Gasteiger partial charge < -0.3 is 5.73 Å². The first-order valence-electron chi connectivity index (χ1n) is 6.27. The fourth-order valence-electron chi connectivity index (χ4n) is 2.59. The first-order valence-corrected chi connectivity index (χ1v) is 6.27. The monoisotopic (exact) mass is 313 g/mol. The molecule has 3 rings (SSSR count). The Bertz CT molecular complexity index is 934. The van der Waals surface area contributed by atoms with Gasteiger partial charge in [0.1, 0.15) is 0 Å². The van der Waals surface area contributed by atoms with E-state index in [4.69, 9.17) is 5.73 Å². The molecule has 9 nitrogen and oxygen atoms in total. The number of non-ortho nitro benzene ring substituents is 2. The van der Waals surface area contributed by atoms with Gasteiger partial charge in [0.15, 0.2) is 5.78 Å². The van der Waals surface area contributed by atoms with E-state index < -0.39 is 27.2 Å². The fraction of sp³-hybridized carbons (Fsp3) is 0. The van der Waals surface area contributed by atoms with Crippen LogP contribution in [0.5, 0.6) is 0 Å². The van der Waals surface area contributed by atoms with Crippen LogP contribution in [0.3, 0.4) is 0 Å². The Balaban J connectivity index is 2.34. The van der Waals surface area contributed by atoms with Crippen molar-refractivity contribution in [2.24, 2.45) is 5.73 Å². The van der Waals surface area contributed by atoms with Gasteiger partial charge in [-0.05, 0) is 11.6 Å². The molecule has 1 aliphatic rings. The number of ketones is 1. The van der Waals surface area contributed by atoms with Crippen LogP contribution in [0.1, 0.15) is 26.3 Å². The van der Waals surface area contributed by atoms with Crippen molar-refractivity contribution in [1.29, 1.82) is 0 Å². The second kappa shape index (κ2) is 4.70. The van der Waals surface area contributed by atoms with Crippen LogP contribution in [0.15, 0.2) is 30.3 Å². The molecule has 0 bridgehead atoms. The number of nitrogens with zero attached hydrogens (tertiary/aromatic N) is 2. The van der Waals surface area contributed by atoms with Crippen LogP contribution in [-0.4, -0.2) is 21.5 Å². The molecule has 2 N–H and O–H groups in total. The molecule has 1 amide bonds. The Hall–Kier alpha value is -3.62. The summed E-state index contributed by atoms with van der Waals surface area (Å²) in [6.45, 7) is 0. The predicted molar refractivity (Wildman–Crippen MR) is 77.1 cm³/mol. The summed E-state index contributed by atoms with van der Waals surface area (Å²) in [6, 6.07) is 5.62. The second-order valence-corrected chi connectivity index (χ2v) is 4.85. The van der Waals surface area contributed by atoms with E-state index >= 15 is 0 Å². The predicted octanol–water partition coefficient (Wildman–Crippen LogP) is 1.81. The molecule has 0 spiro atoms. The fourth-order valence-corrected chi connectivity index (χ4v) is 2.59. The van der Waals surface area contributed by atoms with Crippen LogP contribution in [0.2, 0.25) is 0 Å². The van der Waals surface area contributed by atoms with Crippen LogP contribution in [0, 0.1) is 20.2 Å². The average Bonchev–Trinajstić information content (AvgIpc) is 2.79. The number of carbonyl (C=O) groups is 2. The molecule has 0 fully saturated rings. The highest BCUT2D eigenvalue weighted by atomic mass is 16.6. The summed E-state index contributed by atoms with van der Waals surface area (Å²) in [7, 11) is 0. The minimum atomic E-state index is -0.927. The average molecular weight is 313 g/mol. The van der Waals surface area contributed by atoms with Crippen LogP contribution >= 0.6 is 0 Å². The van der Waals surface area contributed by atoms with Gasteiger partial charge in [0.25, 0.3) is 11.4 Å². The van der Waals surface area contributed by atoms with Crippen molar-refractivity contribution in [1.82, 2.24) is 0 Å². The summed E-state index contributed by atoms with van der Waals surface area (Å²) in [5, 5.41) is 21.8. The maximum atomic E-state index is 12.4. The zero-order valence-corrected chi connectivity index (χ0v) is 11.3. The van der Waals surface area contributed by atoms with Gasteiger partial charge in [-0.2, -0.15) is 0 Å². The topological polar surface area (TPSA) is 146 Å². The molecule has 2 aromatic rings. The maximum absolute atomic E-state index is 12.4. The molecule has 9 heteroatoms. The zero-order chi connectivity index (χ0) is 16.9. The number of benzene rings is 2. The lowest BCUT2D eigenvalue weighted by Crippen LogP contribution is -2.13. The Kier molecular flexibility index (Phi) is 2.93. The number of nitro groups is 2. The Morgan fingerprint density at radius 3 is 2.09 bits per heavy atom. The lowest BCUT2D eigenvalue weighted by atomic mass is 9.98. The third-order valence-electron chi connectivity index (χ3n) is 3.57. The number of hydrogen-bond acceptors (Lipinski definition) is 6. The van der Waals surface area contributed by atoms with Crippen molar-refractivity contribution in [2.75, 3.05) is 0 Å². The minimum absolute atomic E-state index is 0.0113. The third-order valence-corrected chi connectivity index (χ3v) is 3.57. The molecule has 0 unspecified atom stereocenters. The zero-order valence-electron chi connectivity index (χ0n) is 11.3. The van der Waals surface area contributed by atoms with E-state index in [2.05, 4.69) is 0 Å². The number of hydrogen-bond donors (Lipinski definition) is 1. The van der Waals surface area contributed by atoms with Gasteiger partial charge in [0.2, 0.25) is 5.91 Å². The highest BCUT2D eigenvalue weighted by molar-refractivity contribution is 6.25. The van der Waals surface area contributed by atoms with E-state index in [0.717, 1.165) is 18.2 Å². The molecule has 2 aromatic carbocycles. The van der Waals surface area contributed by atoms with E-state index in [0.29, 0.717) is 5.56 Å². The normalized spacial score (nSPS) is 11.7. The molecule has 0 saturated carbocycles. The summed E-state index contributed by atoms with van der Waals surface area (Å²) in [4.78, 5) is 44.4. The van der Waals surface area contributed by atoms with Crippen molar-refractivity contribution >= 4 is 23.1 Å². The summed E-state index contributed by atoms with van der Waals surface area (Å²) in [5.41, 5.74) is 4.74. The number of primary amides is 1. The molecule has 0 saturated heterocycles. The van der Waals surface area contributed by atoms with Crippen molar-refractivity contribution in [2.45, 2.75) is 0 Å². The van der Waals surface area contributed by atoms with Crippen LogP contribution in [0.4, 0.5) is 11.4 Å². The summed E-state index contributed by atoms with van der Waals surface area (Å²) < 4.78 is 0. The van der Waals surface area contributed by atoms with Crippen molar-refractivity contribution in [3.63, 3.8) is 0 Å². The van der Waals surface area contributed by atoms with Gasteiger partial charge >= 0.3 is 0 Å². The maximum Gasteiger partial charge on any atom is 0.271 e. The summed E-state index contributed by atoms with van der Waals surface area (Å²) >= 11 is 0. The van der Waals surface area contributed by atoms with Crippen LogP contribution < -0.4 is 5.73 Å². The van der Waals surface area contributed by atoms with Gasteiger partial charge in [-0.25, -0.2) is 0 Å². The summed E-state index contributed by atoms with van der Waals surface area (Å²) in [6.07, 6.45) is 0. The molecule has 0 aliphatic heterocycles. The molecule has 0 heterocycles. The number of nitrogens with two attached hydrogens (primary N) is 1. The van der Waals surface area contributed by atoms with Crippen molar-refractivity contribution < 1.29 is 19.4 Å². The van der Waals surface area contributed by atoms with Gasteiger partial charge in [0, 0.05) is 41.0 Å². The summed E-state index contributed by atoms with van der Waals surface area (Å²) in [5.74, 6) is -1.55. The van der Waals surface area contributed by atoms with E-state index in [9.17, 15) is 29.8 Å². The van der Waals surface area contributed by atoms with E-state index in [1.54, 1.807) is 0 Å². The minimum Gasteiger partial charge on any atom is -0.366 e. The van der Waals surface area contributed by atoms with E-state index in [-0.39, 0.29) is 27.9 Å². The number of rotatable bonds is 3.